The van der Waals surface area contributed by atoms with Crippen LogP contribution in [0.4, 0.5) is 30.4 Å². The summed E-state index contributed by atoms with van der Waals surface area (Å²) in [4.78, 5) is 20.6. The molecule has 0 bridgehead atoms. The Bertz CT molecular complexity index is 1260. The molecular weight excluding hydrogens is 425 g/mol. The van der Waals surface area contributed by atoms with Crippen LogP contribution in [0.1, 0.15) is 10.4 Å². The van der Waals surface area contributed by atoms with Crippen LogP contribution in [0.25, 0.3) is 5.82 Å². The number of hydrogen-bond donors (Lipinski definition) is 2. The number of anilines is 3. The van der Waals surface area contributed by atoms with E-state index in [-0.39, 0.29) is 0 Å². The zero-order chi connectivity index (χ0) is 22.7. The largest absolute Gasteiger partial charge is 0.491 e. The summed E-state index contributed by atoms with van der Waals surface area (Å²) in [6.45, 7) is 0. The number of hydrogen-bond acceptors (Lipinski definition) is 6. The molecule has 4 rings (SSSR count). The second kappa shape index (κ2) is 8.76. The minimum absolute atomic E-state index is 0.309. The van der Waals surface area contributed by atoms with Gasteiger partial charge in [0.05, 0.1) is 12.7 Å². The van der Waals surface area contributed by atoms with Crippen LogP contribution in [-0.4, -0.2) is 32.8 Å². The van der Waals surface area contributed by atoms with Gasteiger partial charge in [-0.15, -0.1) is 0 Å². The van der Waals surface area contributed by atoms with E-state index in [0.29, 0.717) is 29.1 Å². The molecule has 0 unspecified atom stereocenters. The molecule has 2 heterocycles. The van der Waals surface area contributed by atoms with Crippen LogP contribution >= 0.6 is 0 Å². The lowest BCUT2D eigenvalue weighted by molar-refractivity contribution is 0.102. The van der Waals surface area contributed by atoms with E-state index in [1.165, 1.54) is 6.33 Å². The van der Waals surface area contributed by atoms with Gasteiger partial charge in [0.15, 0.2) is 23.2 Å². The minimum Gasteiger partial charge on any atom is -0.491 e. The number of carbonyl (C=O) groups excluding carboxylic acids is 1. The summed E-state index contributed by atoms with van der Waals surface area (Å²) in [6.07, 6.45) is 4.76. The van der Waals surface area contributed by atoms with Crippen molar-refractivity contribution < 1.29 is 22.7 Å². The number of nitrogens with zero attached hydrogens (tertiary/aromatic N) is 4. The monoisotopic (exact) mass is 440 g/mol. The van der Waals surface area contributed by atoms with Crippen LogP contribution in [0.3, 0.4) is 0 Å². The predicted molar refractivity (Wildman–Crippen MR) is 110 cm³/mol. The highest BCUT2D eigenvalue weighted by Gasteiger charge is 2.23. The van der Waals surface area contributed by atoms with E-state index in [1.807, 2.05) is 0 Å². The molecule has 0 aliphatic carbocycles. The SMILES string of the molecule is COc1c(F)c(F)cc(C(=O)Nc2ccc(Nc3cc(-n4cccn4)ncn3)cc2)c1F. The van der Waals surface area contributed by atoms with E-state index in [4.69, 9.17) is 0 Å². The van der Waals surface area contributed by atoms with Gasteiger partial charge in [-0.3, -0.25) is 4.79 Å². The molecule has 11 heteroatoms. The number of rotatable bonds is 6. The zero-order valence-electron chi connectivity index (χ0n) is 16.5. The Morgan fingerprint density at radius 3 is 2.47 bits per heavy atom. The molecule has 0 atom stereocenters. The van der Waals surface area contributed by atoms with E-state index in [0.717, 1.165) is 7.11 Å². The predicted octanol–water partition coefficient (Wildman–Crippen LogP) is 4.08. The van der Waals surface area contributed by atoms with E-state index in [1.54, 1.807) is 53.5 Å². The van der Waals surface area contributed by atoms with Crippen molar-refractivity contribution in [2.45, 2.75) is 0 Å². The summed E-state index contributed by atoms with van der Waals surface area (Å²) in [5.41, 5.74) is 0.271. The summed E-state index contributed by atoms with van der Waals surface area (Å²) in [6, 6.07) is 10.3. The third kappa shape index (κ3) is 4.21. The lowest BCUT2D eigenvalue weighted by Gasteiger charge is -2.11. The molecule has 2 aromatic carbocycles. The van der Waals surface area contributed by atoms with Crippen LogP contribution in [0.15, 0.2) is 61.2 Å². The van der Waals surface area contributed by atoms with E-state index < -0.39 is 34.7 Å². The number of nitrogens with one attached hydrogen (secondary N) is 2. The highest BCUT2D eigenvalue weighted by atomic mass is 19.2. The fraction of sp³-hybridized carbons (Fsp3) is 0.0476. The van der Waals surface area contributed by atoms with Gasteiger partial charge in [0.25, 0.3) is 5.91 Å². The topological polar surface area (TPSA) is 94.0 Å². The van der Waals surface area contributed by atoms with Gasteiger partial charge in [-0.05, 0) is 36.4 Å². The highest BCUT2D eigenvalue weighted by molar-refractivity contribution is 6.04. The number of benzene rings is 2. The first kappa shape index (κ1) is 20.8. The quantitative estimate of drug-likeness (QED) is 0.439. The Balaban J connectivity index is 1.48. The third-order valence-corrected chi connectivity index (χ3v) is 4.37. The molecule has 0 fully saturated rings. The van der Waals surface area contributed by atoms with E-state index >= 15 is 0 Å². The van der Waals surface area contributed by atoms with Crippen LogP contribution < -0.4 is 15.4 Å². The lowest BCUT2D eigenvalue weighted by Crippen LogP contribution is -2.15. The van der Waals surface area contributed by atoms with Gasteiger partial charge in [0.2, 0.25) is 5.82 Å². The Morgan fingerprint density at radius 1 is 1.03 bits per heavy atom. The smallest absolute Gasteiger partial charge is 0.258 e. The Kier molecular flexibility index (Phi) is 5.71. The molecule has 0 aliphatic heterocycles. The van der Waals surface area contributed by atoms with Gasteiger partial charge in [-0.25, -0.2) is 23.4 Å². The number of amides is 1. The van der Waals surface area contributed by atoms with Gasteiger partial charge < -0.3 is 15.4 Å². The molecule has 2 N–H and O–H groups in total. The molecule has 8 nitrogen and oxygen atoms in total. The Morgan fingerprint density at radius 2 is 1.78 bits per heavy atom. The van der Waals surface area contributed by atoms with E-state index in [2.05, 4.69) is 30.4 Å². The number of methoxy groups -OCH3 is 1. The van der Waals surface area contributed by atoms with Gasteiger partial charge in [-0.1, -0.05) is 0 Å². The van der Waals surface area contributed by atoms with Crippen molar-refractivity contribution in [3.8, 4) is 11.6 Å². The maximum atomic E-state index is 14.3. The summed E-state index contributed by atoms with van der Waals surface area (Å²) < 4.78 is 47.6. The van der Waals surface area contributed by atoms with Gasteiger partial charge in [-0.2, -0.15) is 9.49 Å². The first-order chi connectivity index (χ1) is 15.5. The van der Waals surface area contributed by atoms with Gasteiger partial charge in [0.1, 0.15) is 12.1 Å². The van der Waals surface area contributed by atoms with Crippen molar-refractivity contribution in [2.75, 3.05) is 17.7 Å². The van der Waals surface area contributed by atoms with Crippen molar-refractivity contribution in [3.05, 3.63) is 84.2 Å². The van der Waals surface area contributed by atoms with Crippen molar-refractivity contribution in [2.24, 2.45) is 0 Å². The molecule has 162 valence electrons. The standard InChI is InChI=1S/C21H15F3N6O2/c1-32-20-18(23)14(9-15(22)19(20)24)21(31)29-13-5-3-12(4-6-13)28-16-10-17(26-11-25-16)30-8-2-7-27-30/h2-11H,1H3,(H,29,31)(H,25,26,28). The van der Waals surface area contributed by atoms with Crippen molar-refractivity contribution >= 4 is 23.1 Å². The molecule has 4 aromatic rings. The van der Waals surface area contributed by atoms with Crippen LogP contribution in [0, 0.1) is 17.5 Å². The maximum absolute atomic E-state index is 14.3. The molecule has 0 saturated carbocycles. The number of halogens is 3. The number of aromatic nitrogens is 4. The van der Waals surface area contributed by atoms with Crippen molar-refractivity contribution in [1.82, 2.24) is 19.7 Å². The molecular formula is C21H15F3N6O2. The second-order valence-electron chi connectivity index (χ2n) is 6.44. The van der Waals surface area contributed by atoms with Crippen LogP contribution in [-0.2, 0) is 0 Å². The minimum atomic E-state index is -1.50. The number of carbonyl (C=O) groups is 1. The first-order valence-electron chi connectivity index (χ1n) is 9.18. The summed E-state index contributed by atoms with van der Waals surface area (Å²) in [5, 5.41) is 9.62. The fourth-order valence-electron chi connectivity index (χ4n) is 2.85. The van der Waals surface area contributed by atoms with E-state index in [9.17, 15) is 18.0 Å². The van der Waals surface area contributed by atoms with Crippen LogP contribution in [0.5, 0.6) is 5.75 Å². The summed E-state index contributed by atoms with van der Waals surface area (Å²) >= 11 is 0. The summed E-state index contributed by atoms with van der Waals surface area (Å²) in [5.74, 6) is -5.03. The maximum Gasteiger partial charge on any atom is 0.258 e. The number of ether oxygens (including phenoxy) is 1. The Hall–Kier alpha value is -4.41. The summed E-state index contributed by atoms with van der Waals surface area (Å²) in [7, 11) is 0.976. The zero-order valence-corrected chi connectivity index (χ0v) is 16.5. The molecule has 0 aliphatic rings. The van der Waals surface area contributed by atoms with Crippen LogP contribution in [0.2, 0.25) is 0 Å². The van der Waals surface area contributed by atoms with Gasteiger partial charge in [0, 0.05) is 29.8 Å². The van der Waals surface area contributed by atoms with Crippen molar-refractivity contribution in [3.63, 3.8) is 0 Å². The normalized spacial score (nSPS) is 10.6. The fourth-order valence-corrected chi connectivity index (χ4v) is 2.85. The highest BCUT2D eigenvalue weighted by Crippen LogP contribution is 2.28. The second-order valence-corrected chi connectivity index (χ2v) is 6.44. The first-order valence-corrected chi connectivity index (χ1v) is 9.18. The molecule has 32 heavy (non-hydrogen) atoms. The Labute approximate surface area is 179 Å². The molecule has 2 aromatic heterocycles. The molecule has 0 radical (unpaired) electrons. The average Bonchev–Trinajstić information content (AvgIpc) is 3.33. The third-order valence-electron chi connectivity index (χ3n) is 4.37. The molecule has 0 saturated heterocycles. The molecule has 1 amide bonds. The van der Waals surface area contributed by atoms with Crippen molar-refractivity contribution in [1.29, 1.82) is 0 Å². The van der Waals surface area contributed by atoms with Gasteiger partial charge >= 0.3 is 0 Å². The average molecular weight is 440 g/mol. The molecule has 0 spiro atoms. The lowest BCUT2D eigenvalue weighted by atomic mass is 10.1.